The van der Waals surface area contributed by atoms with Gasteiger partial charge in [-0.25, -0.2) is 0 Å². The lowest BCUT2D eigenvalue weighted by atomic mass is 10.1. The van der Waals surface area contributed by atoms with Crippen molar-refractivity contribution in [3.63, 3.8) is 0 Å². The molecule has 1 atom stereocenters. The molecule has 0 aromatic heterocycles. The summed E-state index contributed by atoms with van der Waals surface area (Å²) < 4.78 is 0. The molecule has 1 nitrogen and oxygen atoms in total. The van der Waals surface area contributed by atoms with E-state index in [0.29, 0.717) is 12.1 Å². The maximum Gasteiger partial charge on any atom is 0.0319 e. The van der Waals surface area contributed by atoms with Gasteiger partial charge in [0.05, 0.1) is 0 Å². The Morgan fingerprint density at radius 2 is 1.54 bits per heavy atom. The van der Waals surface area contributed by atoms with Gasteiger partial charge in [-0.2, -0.15) is 0 Å². The van der Waals surface area contributed by atoms with Crippen LogP contribution in [0.3, 0.4) is 0 Å². The fourth-order valence-electron chi connectivity index (χ4n) is 1.41. The maximum absolute atomic E-state index is 2.37. The summed E-state index contributed by atoms with van der Waals surface area (Å²) in [5, 5.41) is 0. The van der Waals surface area contributed by atoms with Gasteiger partial charge < -0.3 is 0 Å². The Labute approximate surface area is 81.4 Å². The molecule has 1 aromatic rings. The van der Waals surface area contributed by atoms with Gasteiger partial charge in [-0.15, -0.1) is 0 Å². The predicted octanol–water partition coefficient (Wildman–Crippen LogP) is 3.09. The van der Waals surface area contributed by atoms with Crippen molar-refractivity contribution < 1.29 is 0 Å². The summed E-state index contributed by atoms with van der Waals surface area (Å²) in [6.45, 7) is 6.69. The molecule has 0 bridgehead atoms. The van der Waals surface area contributed by atoms with Crippen LogP contribution in [0.1, 0.15) is 32.4 Å². The van der Waals surface area contributed by atoms with E-state index in [2.05, 4.69) is 63.1 Å². The second-order valence-corrected chi connectivity index (χ2v) is 3.85. The standard InChI is InChI=1S/C12H19N/c1-10(2)13(4)11(3)12-8-6-5-7-9-12/h5-11H,1-4H3/t11-/m1/s1. The van der Waals surface area contributed by atoms with Gasteiger partial charge in [-0.05, 0) is 33.4 Å². The largest absolute Gasteiger partial charge is 0.297 e. The van der Waals surface area contributed by atoms with Crippen molar-refractivity contribution in [3.05, 3.63) is 35.9 Å². The van der Waals surface area contributed by atoms with Crippen LogP contribution in [0.4, 0.5) is 0 Å². The first-order valence-corrected chi connectivity index (χ1v) is 4.90. The third kappa shape index (κ3) is 2.56. The van der Waals surface area contributed by atoms with Crippen LogP contribution in [0, 0.1) is 0 Å². The predicted molar refractivity (Wildman–Crippen MR) is 57.8 cm³/mol. The zero-order chi connectivity index (χ0) is 9.84. The van der Waals surface area contributed by atoms with Crippen molar-refractivity contribution in [3.8, 4) is 0 Å². The fraction of sp³-hybridized carbons (Fsp3) is 0.500. The highest BCUT2D eigenvalue weighted by Gasteiger charge is 2.12. The van der Waals surface area contributed by atoms with Crippen LogP contribution in [-0.2, 0) is 0 Å². The van der Waals surface area contributed by atoms with Crippen LogP contribution in [0.25, 0.3) is 0 Å². The van der Waals surface area contributed by atoms with E-state index >= 15 is 0 Å². The quantitative estimate of drug-likeness (QED) is 0.685. The Morgan fingerprint density at radius 3 is 2.00 bits per heavy atom. The van der Waals surface area contributed by atoms with Crippen LogP contribution in [-0.4, -0.2) is 18.0 Å². The molecule has 0 N–H and O–H groups in total. The average molecular weight is 177 g/mol. The lowest BCUT2D eigenvalue weighted by molar-refractivity contribution is 0.210. The Hall–Kier alpha value is -0.820. The van der Waals surface area contributed by atoms with Gasteiger partial charge in [0.15, 0.2) is 0 Å². The minimum atomic E-state index is 0.501. The Kier molecular flexibility index (Phi) is 3.49. The first kappa shape index (κ1) is 10.3. The Bertz CT molecular complexity index is 241. The molecule has 1 heteroatoms. The lowest BCUT2D eigenvalue weighted by Crippen LogP contribution is -2.29. The van der Waals surface area contributed by atoms with Crippen molar-refractivity contribution in [1.29, 1.82) is 0 Å². The molecule has 72 valence electrons. The van der Waals surface area contributed by atoms with Crippen molar-refractivity contribution in [1.82, 2.24) is 4.90 Å². The summed E-state index contributed by atoms with van der Waals surface area (Å²) in [5.74, 6) is 0. The van der Waals surface area contributed by atoms with Gasteiger partial charge in [0.1, 0.15) is 0 Å². The highest BCUT2D eigenvalue weighted by molar-refractivity contribution is 5.18. The SMILES string of the molecule is CC(C)N(C)[C@H](C)c1ccccc1. The molecule has 0 aliphatic carbocycles. The molecule has 0 saturated heterocycles. The van der Waals surface area contributed by atoms with Gasteiger partial charge >= 0.3 is 0 Å². The minimum Gasteiger partial charge on any atom is -0.297 e. The molecule has 0 unspecified atom stereocenters. The number of rotatable bonds is 3. The normalized spacial score (nSPS) is 13.7. The highest BCUT2D eigenvalue weighted by Crippen LogP contribution is 2.19. The summed E-state index contributed by atoms with van der Waals surface area (Å²) in [6, 6.07) is 11.7. The van der Waals surface area contributed by atoms with Crippen LogP contribution < -0.4 is 0 Å². The van der Waals surface area contributed by atoms with Crippen molar-refractivity contribution in [2.75, 3.05) is 7.05 Å². The van der Waals surface area contributed by atoms with Gasteiger partial charge in [0, 0.05) is 12.1 Å². The highest BCUT2D eigenvalue weighted by atomic mass is 15.1. The van der Waals surface area contributed by atoms with Gasteiger partial charge in [0.2, 0.25) is 0 Å². The molecular weight excluding hydrogens is 158 g/mol. The third-order valence-electron chi connectivity index (χ3n) is 2.71. The monoisotopic (exact) mass is 177 g/mol. The van der Waals surface area contributed by atoms with Crippen LogP contribution in [0.2, 0.25) is 0 Å². The topological polar surface area (TPSA) is 3.24 Å². The first-order chi connectivity index (χ1) is 6.13. The van der Waals surface area contributed by atoms with E-state index in [-0.39, 0.29) is 0 Å². The molecule has 1 rings (SSSR count). The Balaban J connectivity index is 2.73. The maximum atomic E-state index is 2.37. The molecule has 0 fully saturated rings. The molecule has 1 aromatic carbocycles. The van der Waals surface area contributed by atoms with E-state index in [4.69, 9.17) is 0 Å². The molecule has 0 radical (unpaired) electrons. The van der Waals surface area contributed by atoms with Gasteiger partial charge in [-0.1, -0.05) is 30.3 Å². The van der Waals surface area contributed by atoms with Crippen LogP contribution in [0.5, 0.6) is 0 Å². The van der Waals surface area contributed by atoms with E-state index < -0.39 is 0 Å². The first-order valence-electron chi connectivity index (χ1n) is 4.90. The van der Waals surface area contributed by atoms with E-state index in [0.717, 1.165) is 0 Å². The summed E-state index contributed by atoms with van der Waals surface area (Å²) in [4.78, 5) is 2.37. The lowest BCUT2D eigenvalue weighted by Gasteiger charge is -2.28. The summed E-state index contributed by atoms with van der Waals surface area (Å²) in [6.07, 6.45) is 0. The second kappa shape index (κ2) is 4.43. The zero-order valence-corrected chi connectivity index (χ0v) is 8.99. The zero-order valence-electron chi connectivity index (χ0n) is 8.99. The third-order valence-corrected chi connectivity index (χ3v) is 2.71. The molecule has 0 spiro atoms. The Morgan fingerprint density at radius 1 is 1.00 bits per heavy atom. The van der Waals surface area contributed by atoms with E-state index in [9.17, 15) is 0 Å². The number of hydrogen-bond donors (Lipinski definition) is 0. The summed E-state index contributed by atoms with van der Waals surface area (Å²) >= 11 is 0. The van der Waals surface area contributed by atoms with Crippen molar-refractivity contribution in [2.24, 2.45) is 0 Å². The smallest absolute Gasteiger partial charge is 0.0319 e. The number of nitrogens with zero attached hydrogens (tertiary/aromatic N) is 1. The van der Waals surface area contributed by atoms with Crippen LogP contribution >= 0.6 is 0 Å². The molecule has 13 heavy (non-hydrogen) atoms. The second-order valence-electron chi connectivity index (χ2n) is 3.85. The van der Waals surface area contributed by atoms with Crippen molar-refractivity contribution in [2.45, 2.75) is 32.9 Å². The van der Waals surface area contributed by atoms with E-state index in [1.807, 2.05) is 0 Å². The molecule has 0 aliphatic heterocycles. The van der Waals surface area contributed by atoms with Gasteiger partial charge in [-0.3, -0.25) is 4.90 Å². The summed E-state index contributed by atoms with van der Waals surface area (Å²) in [5.41, 5.74) is 1.39. The fourth-order valence-corrected chi connectivity index (χ4v) is 1.41. The molecule has 0 heterocycles. The van der Waals surface area contributed by atoms with Crippen molar-refractivity contribution >= 4 is 0 Å². The molecule has 0 amide bonds. The van der Waals surface area contributed by atoms with E-state index in [1.165, 1.54) is 5.56 Å². The molecular formula is C12H19N. The van der Waals surface area contributed by atoms with E-state index in [1.54, 1.807) is 0 Å². The summed E-state index contributed by atoms with van der Waals surface area (Å²) in [7, 11) is 2.17. The minimum absolute atomic E-state index is 0.501. The average Bonchev–Trinajstić information content (AvgIpc) is 2.17. The number of benzene rings is 1. The molecule has 0 saturated carbocycles. The van der Waals surface area contributed by atoms with Gasteiger partial charge in [0.25, 0.3) is 0 Å². The van der Waals surface area contributed by atoms with Crippen LogP contribution in [0.15, 0.2) is 30.3 Å². The number of hydrogen-bond acceptors (Lipinski definition) is 1. The molecule has 0 aliphatic rings.